The van der Waals surface area contributed by atoms with Crippen molar-refractivity contribution in [3.05, 3.63) is 59.9 Å². The fraction of sp³-hybridized carbons (Fsp3) is 0.323. The van der Waals surface area contributed by atoms with Crippen molar-refractivity contribution in [2.75, 3.05) is 19.5 Å². The zero-order chi connectivity index (χ0) is 31.0. The topological polar surface area (TPSA) is 170 Å². The van der Waals surface area contributed by atoms with E-state index in [2.05, 4.69) is 25.0 Å². The van der Waals surface area contributed by atoms with Crippen LogP contribution in [0.2, 0.25) is 0 Å². The summed E-state index contributed by atoms with van der Waals surface area (Å²) in [6, 6.07) is 10.1. The van der Waals surface area contributed by atoms with Crippen LogP contribution in [0.3, 0.4) is 0 Å². The molecule has 12 nitrogen and oxygen atoms in total. The number of hydrogen-bond acceptors (Lipinski definition) is 10. The van der Waals surface area contributed by atoms with Crippen molar-refractivity contribution in [3.8, 4) is 23.0 Å². The number of benzene rings is 2. The van der Waals surface area contributed by atoms with E-state index in [9.17, 15) is 23.1 Å². The number of ketones is 1. The Bertz CT molecular complexity index is 1890. The van der Waals surface area contributed by atoms with Crippen molar-refractivity contribution in [1.29, 1.82) is 0 Å². The van der Waals surface area contributed by atoms with Crippen LogP contribution >= 0.6 is 0 Å². The number of carbonyl (C=O) groups is 2. The number of pyridine rings is 1. The zero-order valence-corrected chi connectivity index (χ0v) is 25.0. The van der Waals surface area contributed by atoms with Crippen LogP contribution in [0.5, 0.6) is 11.9 Å². The number of fused-ring (bicyclic) bond motifs is 1. The number of aromatic nitrogens is 3. The Labute approximate surface area is 253 Å². The molecule has 0 saturated heterocycles. The van der Waals surface area contributed by atoms with Crippen LogP contribution in [0.15, 0.2) is 53.7 Å². The molecule has 3 N–H and O–H groups in total. The van der Waals surface area contributed by atoms with Gasteiger partial charge in [-0.25, -0.2) is 22.9 Å². The Morgan fingerprint density at radius 2 is 1.84 bits per heavy atom. The number of anilines is 2. The third-order valence-corrected chi connectivity index (χ3v) is 9.40. The molecule has 2 aliphatic rings. The molecule has 0 bridgehead atoms. The van der Waals surface area contributed by atoms with Crippen LogP contribution in [-0.2, 0) is 14.8 Å². The number of rotatable bonds is 10. The molecule has 2 heterocycles. The second-order valence-electron chi connectivity index (χ2n) is 11.0. The van der Waals surface area contributed by atoms with Gasteiger partial charge in [-0.05, 0) is 67.0 Å². The summed E-state index contributed by atoms with van der Waals surface area (Å²) in [5.41, 5.74) is 3.13. The number of carboxylic acid groups (broad SMARTS) is 1. The summed E-state index contributed by atoms with van der Waals surface area (Å²) in [7, 11) is -1.03. The summed E-state index contributed by atoms with van der Waals surface area (Å²) < 4.78 is 40.3. The number of hydrogen-bond donors (Lipinski definition) is 3. The first-order chi connectivity index (χ1) is 21.1. The maximum Gasteiger partial charge on any atom is 0.335 e. The molecule has 1 unspecified atom stereocenters. The van der Waals surface area contributed by atoms with Gasteiger partial charge in [-0.15, -0.1) is 0 Å². The number of nitrogens with one attached hydrogen (secondary N) is 2. The van der Waals surface area contributed by atoms with Crippen LogP contribution in [0.25, 0.3) is 22.0 Å². The average molecular weight is 618 g/mol. The van der Waals surface area contributed by atoms with Crippen LogP contribution in [-0.4, -0.2) is 60.5 Å². The first kappa shape index (κ1) is 29.5. The number of carboxylic acids is 1. The summed E-state index contributed by atoms with van der Waals surface area (Å²) in [5, 5.41) is 13.6. The van der Waals surface area contributed by atoms with E-state index in [1.54, 1.807) is 36.5 Å². The van der Waals surface area contributed by atoms with E-state index >= 15 is 0 Å². The van der Waals surface area contributed by atoms with E-state index in [0.29, 0.717) is 52.0 Å². The first-order valence-electron chi connectivity index (χ1n) is 14.2. The number of carbonyl (C=O) groups excluding carboxylic acids is 1. The summed E-state index contributed by atoms with van der Waals surface area (Å²) in [5.74, 6) is -0.804. The van der Waals surface area contributed by atoms with Gasteiger partial charge in [0.15, 0.2) is 0 Å². The highest BCUT2D eigenvalue weighted by molar-refractivity contribution is 7.89. The summed E-state index contributed by atoms with van der Waals surface area (Å²) in [6.45, 7) is 0. The van der Waals surface area contributed by atoms with Gasteiger partial charge in [0.25, 0.3) is 0 Å². The Morgan fingerprint density at radius 1 is 1.02 bits per heavy atom. The van der Waals surface area contributed by atoms with E-state index in [1.807, 2.05) is 0 Å². The molecule has 1 atom stereocenters. The van der Waals surface area contributed by atoms with Gasteiger partial charge in [0.05, 0.1) is 36.6 Å². The average Bonchev–Trinajstić information content (AvgIpc) is 3.83. The molecule has 2 aromatic heterocycles. The number of ether oxygens (including phenoxy) is 2. The van der Waals surface area contributed by atoms with Crippen molar-refractivity contribution in [3.63, 3.8) is 0 Å². The molecular formula is C31H31N5O7S. The highest BCUT2D eigenvalue weighted by atomic mass is 32.2. The number of methoxy groups -OCH3 is 2. The summed E-state index contributed by atoms with van der Waals surface area (Å²) in [6.07, 6.45) is 6.73. The second kappa shape index (κ2) is 11.8. The highest BCUT2D eigenvalue weighted by Crippen LogP contribution is 2.39. The molecular weight excluding hydrogens is 586 g/mol. The van der Waals surface area contributed by atoms with Crippen LogP contribution in [0.1, 0.15) is 60.4 Å². The lowest BCUT2D eigenvalue weighted by Gasteiger charge is -2.23. The smallest absolute Gasteiger partial charge is 0.335 e. The minimum absolute atomic E-state index is 0.0378. The van der Waals surface area contributed by atoms with Crippen molar-refractivity contribution in [2.24, 2.45) is 0 Å². The molecule has 6 rings (SSSR count). The monoisotopic (exact) mass is 617 g/mol. The molecule has 2 saturated carbocycles. The van der Waals surface area contributed by atoms with Crippen LogP contribution in [0, 0.1) is 0 Å². The lowest BCUT2D eigenvalue weighted by atomic mass is 9.82. The fourth-order valence-electron chi connectivity index (χ4n) is 5.50. The SMILES string of the molecule is COc1ncc(-c2ccc3c(Nc4cc(C(=O)O)cc(C5CCCC(=O)C5)c4)c(S(=O)(=O)NC4CC4)cnc3c2)c(OC)n1. The Hall–Kier alpha value is -4.62. The molecule has 228 valence electrons. The van der Waals surface area contributed by atoms with Gasteiger partial charge in [-0.2, -0.15) is 4.98 Å². The fourth-order valence-corrected chi connectivity index (χ4v) is 6.92. The third-order valence-electron chi connectivity index (χ3n) is 7.87. The molecule has 0 radical (unpaired) electrons. The zero-order valence-electron chi connectivity index (χ0n) is 24.2. The van der Waals surface area contributed by atoms with Crippen LogP contribution in [0.4, 0.5) is 11.4 Å². The van der Waals surface area contributed by atoms with E-state index in [-0.39, 0.29) is 39.9 Å². The molecule has 2 aliphatic carbocycles. The van der Waals surface area contributed by atoms with Crippen molar-refractivity contribution < 1.29 is 32.6 Å². The second-order valence-corrected chi connectivity index (χ2v) is 12.7. The van der Waals surface area contributed by atoms with E-state index < -0.39 is 16.0 Å². The molecule has 2 aromatic carbocycles. The van der Waals surface area contributed by atoms with Gasteiger partial charge in [0, 0.05) is 42.4 Å². The van der Waals surface area contributed by atoms with Crippen molar-refractivity contribution in [1.82, 2.24) is 19.7 Å². The molecule has 0 spiro atoms. The van der Waals surface area contributed by atoms with Gasteiger partial charge >= 0.3 is 12.0 Å². The van der Waals surface area contributed by atoms with E-state index in [0.717, 1.165) is 25.7 Å². The largest absolute Gasteiger partial charge is 0.480 e. The lowest BCUT2D eigenvalue weighted by Crippen LogP contribution is -2.26. The lowest BCUT2D eigenvalue weighted by molar-refractivity contribution is -0.120. The van der Waals surface area contributed by atoms with Crippen LogP contribution < -0.4 is 19.5 Å². The van der Waals surface area contributed by atoms with Crippen molar-refractivity contribution in [2.45, 2.75) is 55.4 Å². The predicted molar refractivity (Wildman–Crippen MR) is 162 cm³/mol. The number of sulfonamides is 1. The Balaban J connectivity index is 1.48. The van der Waals surface area contributed by atoms with E-state index in [1.165, 1.54) is 26.5 Å². The normalized spacial score (nSPS) is 17.0. The minimum Gasteiger partial charge on any atom is -0.480 e. The maximum absolute atomic E-state index is 13.5. The van der Waals surface area contributed by atoms with Gasteiger partial charge in [-0.3, -0.25) is 9.78 Å². The van der Waals surface area contributed by atoms with Gasteiger partial charge in [0.2, 0.25) is 15.9 Å². The predicted octanol–water partition coefficient (Wildman–Crippen LogP) is 4.82. The molecule has 2 fully saturated rings. The summed E-state index contributed by atoms with van der Waals surface area (Å²) in [4.78, 5) is 37.2. The number of aromatic carboxylic acids is 1. The molecule has 13 heteroatoms. The van der Waals surface area contributed by atoms with Gasteiger partial charge < -0.3 is 19.9 Å². The standard InChI is InChI=1S/C31H31N5O7S/c1-42-29-25(15-33-31(35-29)43-2)18-6-9-24-26(14-18)32-16-27(44(40,41)36-21-7-8-21)28(24)34-22-11-19(10-20(12-22)30(38)39)17-4-3-5-23(37)13-17/h6,9-12,14-17,21,36H,3-5,7-8,13H2,1-2H3,(H,32,34)(H,38,39). The van der Waals surface area contributed by atoms with Gasteiger partial charge in [-0.1, -0.05) is 12.1 Å². The van der Waals surface area contributed by atoms with E-state index in [4.69, 9.17) is 9.47 Å². The number of nitrogens with zero attached hydrogens (tertiary/aromatic N) is 3. The Morgan fingerprint density at radius 3 is 2.55 bits per heavy atom. The molecule has 0 aliphatic heterocycles. The first-order valence-corrected chi connectivity index (χ1v) is 15.7. The molecule has 4 aromatic rings. The third kappa shape index (κ3) is 6.06. The van der Waals surface area contributed by atoms with Crippen molar-refractivity contribution >= 4 is 44.1 Å². The minimum atomic E-state index is -3.97. The number of Topliss-reactive ketones (excluding diaryl/α,β-unsaturated/α-hetero) is 1. The molecule has 44 heavy (non-hydrogen) atoms. The van der Waals surface area contributed by atoms with Gasteiger partial charge in [0.1, 0.15) is 10.7 Å². The maximum atomic E-state index is 13.5. The summed E-state index contributed by atoms with van der Waals surface area (Å²) >= 11 is 0. The Kier molecular flexibility index (Phi) is 7.91. The quantitative estimate of drug-likeness (QED) is 0.223. The molecule has 0 amide bonds. The highest BCUT2D eigenvalue weighted by Gasteiger charge is 2.31.